The van der Waals surface area contributed by atoms with Crippen molar-refractivity contribution in [2.75, 3.05) is 6.61 Å². The molecule has 0 aliphatic heterocycles. The summed E-state index contributed by atoms with van der Waals surface area (Å²) in [5.41, 5.74) is 0.192. The van der Waals surface area contributed by atoms with Crippen molar-refractivity contribution in [2.45, 2.75) is 45.8 Å². The molecular weight excluding hydrogens is 238 g/mol. The van der Waals surface area contributed by atoms with Crippen LogP contribution in [0.1, 0.15) is 43.9 Å². The monoisotopic (exact) mass is 258 g/mol. The molecule has 0 saturated heterocycles. The second kappa shape index (κ2) is 6.81. The van der Waals surface area contributed by atoms with Crippen molar-refractivity contribution >= 4 is 0 Å². The summed E-state index contributed by atoms with van der Waals surface area (Å²) >= 11 is 0. The summed E-state index contributed by atoms with van der Waals surface area (Å²) in [6.45, 7) is 5.67. The maximum Gasteiger partial charge on any atom is 0.164 e. The molecule has 0 heterocycles. The van der Waals surface area contributed by atoms with E-state index in [1.807, 2.05) is 13.8 Å². The van der Waals surface area contributed by atoms with Gasteiger partial charge in [0.2, 0.25) is 0 Å². The van der Waals surface area contributed by atoms with Crippen LogP contribution in [0.5, 0.6) is 0 Å². The SMILES string of the molecule is CCCC(OCC)C(O)c1ccc(C)c(F)c1F. The maximum absolute atomic E-state index is 13.8. The van der Waals surface area contributed by atoms with E-state index in [0.717, 1.165) is 6.42 Å². The Labute approximate surface area is 107 Å². The summed E-state index contributed by atoms with van der Waals surface area (Å²) in [6.07, 6.45) is -0.238. The number of benzene rings is 1. The highest BCUT2D eigenvalue weighted by Crippen LogP contribution is 2.27. The number of rotatable bonds is 6. The minimum atomic E-state index is -1.14. The van der Waals surface area contributed by atoms with Gasteiger partial charge in [-0.25, -0.2) is 8.78 Å². The van der Waals surface area contributed by atoms with Gasteiger partial charge in [-0.05, 0) is 25.8 Å². The fraction of sp³-hybridized carbons (Fsp3) is 0.571. The lowest BCUT2D eigenvalue weighted by molar-refractivity contribution is -0.0400. The van der Waals surface area contributed by atoms with Gasteiger partial charge in [0.25, 0.3) is 0 Å². The first-order valence-corrected chi connectivity index (χ1v) is 6.27. The van der Waals surface area contributed by atoms with Crippen LogP contribution in [0.4, 0.5) is 8.78 Å². The van der Waals surface area contributed by atoms with Gasteiger partial charge in [0.05, 0.1) is 6.10 Å². The molecule has 2 nitrogen and oxygen atoms in total. The standard InChI is InChI=1S/C14H20F2O2/c1-4-6-11(18-5-2)14(17)10-8-7-9(3)12(15)13(10)16/h7-8,11,14,17H,4-6H2,1-3H3. The summed E-state index contributed by atoms with van der Waals surface area (Å²) in [7, 11) is 0. The minimum Gasteiger partial charge on any atom is -0.386 e. The Morgan fingerprint density at radius 1 is 1.22 bits per heavy atom. The molecule has 1 aromatic rings. The molecule has 102 valence electrons. The van der Waals surface area contributed by atoms with Crippen LogP contribution >= 0.6 is 0 Å². The Bertz CT molecular complexity index is 388. The molecule has 0 spiro atoms. The zero-order chi connectivity index (χ0) is 13.7. The summed E-state index contributed by atoms with van der Waals surface area (Å²) in [5.74, 6) is -1.89. The van der Waals surface area contributed by atoms with Gasteiger partial charge in [-0.15, -0.1) is 0 Å². The van der Waals surface area contributed by atoms with E-state index >= 15 is 0 Å². The van der Waals surface area contributed by atoms with Crippen LogP contribution < -0.4 is 0 Å². The van der Waals surface area contributed by atoms with Gasteiger partial charge < -0.3 is 9.84 Å². The van der Waals surface area contributed by atoms with Gasteiger partial charge in [0.15, 0.2) is 11.6 Å². The quantitative estimate of drug-likeness (QED) is 0.846. The zero-order valence-electron chi connectivity index (χ0n) is 11.0. The average Bonchev–Trinajstić information content (AvgIpc) is 2.35. The van der Waals surface area contributed by atoms with Gasteiger partial charge in [-0.1, -0.05) is 25.5 Å². The molecule has 18 heavy (non-hydrogen) atoms. The van der Waals surface area contributed by atoms with E-state index in [0.29, 0.717) is 13.0 Å². The highest BCUT2D eigenvalue weighted by molar-refractivity contribution is 5.27. The number of ether oxygens (including phenoxy) is 1. The summed E-state index contributed by atoms with van der Waals surface area (Å²) in [5, 5.41) is 10.1. The minimum absolute atomic E-state index is 0.0370. The smallest absolute Gasteiger partial charge is 0.164 e. The Kier molecular flexibility index (Phi) is 5.69. The lowest BCUT2D eigenvalue weighted by Crippen LogP contribution is -2.23. The average molecular weight is 258 g/mol. The summed E-state index contributed by atoms with van der Waals surface area (Å²) in [4.78, 5) is 0. The first kappa shape index (κ1) is 15.1. The molecule has 0 bridgehead atoms. The molecular formula is C14H20F2O2. The zero-order valence-corrected chi connectivity index (χ0v) is 11.0. The molecule has 1 N–H and O–H groups in total. The van der Waals surface area contributed by atoms with Crippen LogP contribution in [-0.2, 0) is 4.74 Å². The second-order valence-electron chi connectivity index (χ2n) is 4.33. The van der Waals surface area contributed by atoms with E-state index in [2.05, 4.69) is 0 Å². The summed E-state index contributed by atoms with van der Waals surface area (Å²) in [6, 6.07) is 2.88. The molecule has 0 fully saturated rings. The van der Waals surface area contributed by atoms with Crippen molar-refractivity contribution in [3.8, 4) is 0 Å². The van der Waals surface area contributed by atoms with E-state index in [4.69, 9.17) is 4.74 Å². The largest absolute Gasteiger partial charge is 0.386 e. The fourth-order valence-corrected chi connectivity index (χ4v) is 1.92. The van der Waals surface area contributed by atoms with Crippen molar-refractivity contribution in [1.29, 1.82) is 0 Å². The Balaban J connectivity index is 3.00. The Morgan fingerprint density at radius 2 is 1.89 bits per heavy atom. The molecule has 4 heteroatoms. The maximum atomic E-state index is 13.8. The first-order chi connectivity index (χ1) is 8.52. The number of hydrogen-bond acceptors (Lipinski definition) is 2. The third kappa shape index (κ3) is 3.27. The van der Waals surface area contributed by atoms with Crippen molar-refractivity contribution in [3.05, 3.63) is 34.9 Å². The van der Waals surface area contributed by atoms with Gasteiger partial charge in [0.1, 0.15) is 6.10 Å². The van der Waals surface area contributed by atoms with Crippen LogP contribution in [-0.4, -0.2) is 17.8 Å². The van der Waals surface area contributed by atoms with E-state index in [1.54, 1.807) is 0 Å². The molecule has 2 atom stereocenters. The number of aliphatic hydroxyl groups excluding tert-OH is 1. The van der Waals surface area contributed by atoms with Crippen LogP contribution in [0.3, 0.4) is 0 Å². The van der Waals surface area contributed by atoms with Gasteiger partial charge in [-0.2, -0.15) is 0 Å². The number of hydrogen-bond donors (Lipinski definition) is 1. The predicted molar refractivity (Wildman–Crippen MR) is 66.4 cm³/mol. The first-order valence-electron chi connectivity index (χ1n) is 6.27. The third-order valence-electron chi connectivity index (χ3n) is 2.93. The van der Waals surface area contributed by atoms with Gasteiger partial charge in [-0.3, -0.25) is 0 Å². The molecule has 0 aliphatic rings. The van der Waals surface area contributed by atoms with Crippen molar-refractivity contribution < 1.29 is 18.6 Å². The van der Waals surface area contributed by atoms with Crippen LogP contribution in [0, 0.1) is 18.6 Å². The third-order valence-corrected chi connectivity index (χ3v) is 2.93. The molecule has 0 aliphatic carbocycles. The van der Waals surface area contributed by atoms with Crippen LogP contribution in [0.2, 0.25) is 0 Å². The predicted octanol–water partition coefficient (Wildman–Crippen LogP) is 3.51. The molecule has 0 aromatic heterocycles. The topological polar surface area (TPSA) is 29.5 Å². The molecule has 0 radical (unpaired) electrons. The number of halogens is 2. The van der Waals surface area contributed by atoms with E-state index in [-0.39, 0.29) is 11.1 Å². The normalized spacial score (nSPS) is 14.6. The lowest BCUT2D eigenvalue weighted by atomic mass is 9.99. The van der Waals surface area contributed by atoms with Gasteiger partial charge >= 0.3 is 0 Å². The number of aryl methyl sites for hydroxylation is 1. The molecule has 0 amide bonds. The highest BCUT2D eigenvalue weighted by atomic mass is 19.2. The highest BCUT2D eigenvalue weighted by Gasteiger charge is 2.25. The molecule has 2 unspecified atom stereocenters. The van der Waals surface area contributed by atoms with Crippen molar-refractivity contribution in [2.24, 2.45) is 0 Å². The molecule has 0 saturated carbocycles. The molecule has 1 rings (SSSR count). The van der Waals surface area contributed by atoms with Crippen LogP contribution in [0.15, 0.2) is 12.1 Å². The lowest BCUT2D eigenvalue weighted by Gasteiger charge is -2.23. The van der Waals surface area contributed by atoms with E-state index < -0.39 is 23.8 Å². The number of aliphatic hydroxyl groups is 1. The van der Waals surface area contributed by atoms with Gasteiger partial charge in [0, 0.05) is 12.2 Å². The van der Waals surface area contributed by atoms with Crippen molar-refractivity contribution in [1.82, 2.24) is 0 Å². The van der Waals surface area contributed by atoms with Crippen molar-refractivity contribution in [3.63, 3.8) is 0 Å². The van der Waals surface area contributed by atoms with Crippen LogP contribution in [0.25, 0.3) is 0 Å². The Morgan fingerprint density at radius 3 is 2.44 bits per heavy atom. The van der Waals surface area contributed by atoms with E-state index in [9.17, 15) is 13.9 Å². The molecule has 1 aromatic carbocycles. The Hall–Kier alpha value is -1.00. The van der Waals surface area contributed by atoms with E-state index in [1.165, 1.54) is 19.1 Å². The fourth-order valence-electron chi connectivity index (χ4n) is 1.92. The summed E-state index contributed by atoms with van der Waals surface area (Å²) < 4.78 is 32.6. The second-order valence-corrected chi connectivity index (χ2v) is 4.33.